The molecule has 1 aromatic rings. The Kier molecular flexibility index (Phi) is 4.93. The van der Waals surface area contributed by atoms with Crippen molar-refractivity contribution in [3.63, 3.8) is 0 Å². The number of amides is 1. The largest absolute Gasteiger partial charge is 0.350 e. The maximum absolute atomic E-state index is 11.9. The first kappa shape index (κ1) is 13.5. The van der Waals surface area contributed by atoms with Gasteiger partial charge < -0.3 is 15.6 Å². The van der Waals surface area contributed by atoms with Gasteiger partial charge in [0, 0.05) is 12.6 Å². The van der Waals surface area contributed by atoms with Crippen LogP contribution in [0, 0.1) is 0 Å². The lowest BCUT2D eigenvalue weighted by molar-refractivity contribution is 0.0944. The lowest BCUT2D eigenvalue weighted by Gasteiger charge is -2.20. The number of nitrogen functional groups attached to an aromatic ring is 1. The summed E-state index contributed by atoms with van der Waals surface area (Å²) < 4.78 is 0. The summed E-state index contributed by atoms with van der Waals surface area (Å²) in [5.41, 5.74) is 3.70. The van der Waals surface area contributed by atoms with E-state index in [1.165, 1.54) is 0 Å². The molecule has 0 saturated carbocycles. The molecule has 1 aromatic carbocycles. The van der Waals surface area contributed by atoms with Crippen LogP contribution in [0.4, 0.5) is 5.69 Å². The second-order valence-corrected chi connectivity index (χ2v) is 4.21. The van der Waals surface area contributed by atoms with E-state index in [1.807, 2.05) is 38.1 Å². The van der Waals surface area contributed by atoms with Crippen LogP contribution in [0.3, 0.4) is 0 Å². The molecule has 0 aliphatic carbocycles. The van der Waals surface area contributed by atoms with Crippen molar-refractivity contribution >= 4 is 11.6 Å². The molecule has 0 heterocycles. The molecule has 5 nitrogen and oxygen atoms in total. The Morgan fingerprint density at radius 1 is 1.41 bits per heavy atom. The molecule has 0 bridgehead atoms. The number of nitrogens with two attached hydrogens (primary N) is 1. The molecule has 1 amide bonds. The van der Waals surface area contributed by atoms with Crippen LogP contribution in [0.5, 0.6) is 0 Å². The van der Waals surface area contributed by atoms with Crippen molar-refractivity contribution in [3.8, 4) is 0 Å². The summed E-state index contributed by atoms with van der Waals surface area (Å²) in [7, 11) is 3.96. The van der Waals surface area contributed by atoms with Crippen molar-refractivity contribution in [2.45, 2.75) is 13.0 Å². The van der Waals surface area contributed by atoms with Crippen molar-refractivity contribution in [2.75, 3.05) is 26.1 Å². The number of para-hydroxylation sites is 1. The first-order valence-electron chi connectivity index (χ1n) is 5.56. The van der Waals surface area contributed by atoms with Crippen LogP contribution in [0.1, 0.15) is 17.3 Å². The van der Waals surface area contributed by atoms with E-state index in [9.17, 15) is 4.79 Å². The molecule has 0 aliphatic heterocycles. The van der Waals surface area contributed by atoms with Gasteiger partial charge in [-0.25, -0.2) is 0 Å². The smallest absolute Gasteiger partial charge is 0.253 e. The van der Waals surface area contributed by atoms with Crippen LogP contribution in [0.15, 0.2) is 24.3 Å². The quantitative estimate of drug-likeness (QED) is 0.518. The fourth-order valence-corrected chi connectivity index (χ4v) is 1.33. The number of benzene rings is 1. The van der Waals surface area contributed by atoms with Gasteiger partial charge in [0.25, 0.3) is 5.91 Å². The van der Waals surface area contributed by atoms with E-state index in [2.05, 4.69) is 10.7 Å². The molecule has 17 heavy (non-hydrogen) atoms. The minimum Gasteiger partial charge on any atom is -0.350 e. The third-order valence-electron chi connectivity index (χ3n) is 2.77. The number of rotatable bonds is 5. The molecule has 0 saturated heterocycles. The molecule has 1 atom stereocenters. The zero-order valence-corrected chi connectivity index (χ0v) is 10.5. The molecular weight excluding hydrogens is 216 g/mol. The topological polar surface area (TPSA) is 70.4 Å². The van der Waals surface area contributed by atoms with Gasteiger partial charge in [-0.15, -0.1) is 0 Å². The Morgan fingerprint density at radius 2 is 2.06 bits per heavy atom. The first-order chi connectivity index (χ1) is 8.06. The van der Waals surface area contributed by atoms with E-state index < -0.39 is 0 Å². The molecule has 0 fully saturated rings. The molecule has 0 aliphatic rings. The lowest BCUT2D eigenvalue weighted by atomic mass is 10.1. The Labute approximate surface area is 102 Å². The number of hydrogen-bond donors (Lipinski definition) is 3. The predicted molar refractivity (Wildman–Crippen MR) is 69.7 cm³/mol. The van der Waals surface area contributed by atoms with Crippen molar-refractivity contribution in [1.29, 1.82) is 0 Å². The minimum absolute atomic E-state index is 0.118. The summed E-state index contributed by atoms with van der Waals surface area (Å²) in [6.07, 6.45) is 0. The Hall–Kier alpha value is -1.59. The zero-order chi connectivity index (χ0) is 12.8. The van der Waals surface area contributed by atoms with Crippen molar-refractivity contribution in [2.24, 2.45) is 5.84 Å². The maximum Gasteiger partial charge on any atom is 0.253 e. The summed E-state index contributed by atoms with van der Waals surface area (Å²) in [6, 6.07) is 7.44. The van der Waals surface area contributed by atoms with Gasteiger partial charge in [0.15, 0.2) is 0 Å². The van der Waals surface area contributed by atoms with Gasteiger partial charge >= 0.3 is 0 Å². The number of anilines is 1. The van der Waals surface area contributed by atoms with Crippen LogP contribution in [0.2, 0.25) is 0 Å². The van der Waals surface area contributed by atoms with Crippen LogP contribution < -0.4 is 16.6 Å². The lowest BCUT2D eigenvalue weighted by Crippen LogP contribution is -2.38. The summed E-state index contributed by atoms with van der Waals surface area (Å²) >= 11 is 0. The van der Waals surface area contributed by atoms with Gasteiger partial charge in [-0.2, -0.15) is 0 Å². The first-order valence-corrected chi connectivity index (χ1v) is 5.56. The fraction of sp³-hybridized carbons (Fsp3) is 0.417. The highest BCUT2D eigenvalue weighted by molar-refractivity contribution is 5.99. The number of carbonyl (C=O) groups is 1. The third kappa shape index (κ3) is 3.72. The average molecular weight is 236 g/mol. The van der Waals surface area contributed by atoms with Gasteiger partial charge in [-0.05, 0) is 33.2 Å². The van der Waals surface area contributed by atoms with Crippen LogP contribution >= 0.6 is 0 Å². The van der Waals surface area contributed by atoms with E-state index in [-0.39, 0.29) is 11.9 Å². The second kappa shape index (κ2) is 6.22. The third-order valence-corrected chi connectivity index (χ3v) is 2.77. The zero-order valence-electron chi connectivity index (χ0n) is 10.5. The average Bonchev–Trinajstić information content (AvgIpc) is 2.35. The van der Waals surface area contributed by atoms with Gasteiger partial charge in [0.05, 0.1) is 11.3 Å². The number of carbonyl (C=O) groups excluding carboxylic acids is 1. The fourth-order valence-electron chi connectivity index (χ4n) is 1.33. The number of likely N-dealkylation sites (N-methyl/N-ethyl adjacent to an activating group) is 1. The van der Waals surface area contributed by atoms with Crippen molar-refractivity contribution in [1.82, 2.24) is 10.2 Å². The minimum atomic E-state index is -0.118. The van der Waals surface area contributed by atoms with Gasteiger partial charge in [-0.1, -0.05) is 12.1 Å². The maximum atomic E-state index is 11.9. The highest BCUT2D eigenvalue weighted by Gasteiger charge is 2.11. The number of hydrazine groups is 1. The normalized spacial score (nSPS) is 12.3. The number of nitrogens with one attached hydrogen (secondary N) is 2. The monoisotopic (exact) mass is 236 g/mol. The van der Waals surface area contributed by atoms with E-state index in [0.717, 1.165) is 0 Å². The molecule has 4 N–H and O–H groups in total. The van der Waals surface area contributed by atoms with Gasteiger partial charge in [0.2, 0.25) is 0 Å². The summed E-state index contributed by atoms with van der Waals surface area (Å²) in [4.78, 5) is 14.0. The molecular formula is C12H20N4O. The van der Waals surface area contributed by atoms with E-state index >= 15 is 0 Å². The Balaban J connectivity index is 2.64. The number of hydrogen-bond acceptors (Lipinski definition) is 4. The Morgan fingerprint density at radius 3 is 2.65 bits per heavy atom. The van der Waals surface area contributed by atoms with E-state index in [0.29, 0.717) is 17.8 Å². The van der Waals surface area contributed by atoms with Crippen LogP contribution in [-0.4, -0.2) is 37.5 Å². The molecule has 1 unspecified atom stereocenters. The second-order valence-electron chi connectivity index (χ2n) is 4.21. The predicted octanol–water partition coefficient (Wildman–Crippen LogP) is 0.652. The van der Waals surface area contributed by atoms with Crippen LogP contribution in [0.25, 0.3) is 0 Å². The van der Waals surface area contributed by atoms with Crippen LogP contribution in [-0.2, 0) is 0 Å². The molecule has 1 rings (SSSR count). The SMILES string of the molecule is CC(CNC(=O)c1ccccc1NN)N(C)C. The standard InChI is InChI=1S/C12H20N4O/c1-9(16(2)3)8-14-12(17)10-6-4-5-7-11(10)15-13/h4-7,9,15H,8,13H2,1-3H3,(H,14,17). The van der Waals surface area contributed by atoms with Gasteiger partial charge in [-0.3, -0.25) is 10.6 Å². The molecule has 0 radical (unpaired) electrons. The number of nitrogens with zero attached hydrogens (tertiary/aromatic N) is 1. The molecule has 0 aromatic heterocycles. The highest BCUT2D eigenvalue weighted by Crippen LogP contribution is 2.12. The summed E-state index contributed by atoms with van der Waals surface area (Å²) in [6.45, 7) is 2.65. The summed E-state index contributed by atoms with van der Waals surface area (Å²) in [5, 5.41) is 2.88. The van der Waals surface area contributed by atoms with Crippen molar-refractivity contribution < 1.29 is 4.79 Å². The highest BCUT2D eigenvalue weighted by atomic mass is 16.1. The summed E-state index contributed by atoms with van der Waals surface area (Å²) in [5.74, 6) is 5.24. The van der Waals surface area contributed by atoms with E-state index in [1.54, 1.807) is 12.1 Å². The molecule has 5 heteroatoms. The van der Waals surface area contributed by atoms with E-state index in [4.69, 9.17) is 5.84 Å². The Bertz CT molecular complexity index is 379. The molecule has 94 valence electrons. The molecule has 0 spiro atoms. The van der Waals surface area contributed by atoms with Crippen molar-refractivity contribution in [3.05, 3.63) is 29.8 Å². The van der Waals surface area contributed by atoms with Gasteiger partial charge in [0.1, 0.15) is 0 Å².